The van der Waals surface area contributed by atoms with E-state index in [9.17, 15) is 9.59 Å². The zero-order valence-corrected chi connectivity index (χ0v) is 14.2. The van der Waals surface area contributed by atoms with E-state index in [0.717, 1.165) is 24.1 Å². The molecule has 0 spiro atoms. The molecule has 5 nitrogen and oxygen atoms in total. The van der Waals surface area contributed by atoms with E-state index in [0.29, 0.717) is 24.7 Å². The number of likely N-dealkylation sites (tertiary alicyclic amines) is 1. The van der Waals surface area contributed by atoms with Gasteiger partial charge in [-0.05, 0) is 37.5 Å². The predicted molar refractivity (Wildman–Crippen MR) is 93.5 cm³/mol. The van der Waals surface area contributed by atoms with Gasteiger partial charge in [0.2, 0.25) is 11.8 Å². The number of hydrogen-bond acceptors (Lipinski definition) is 3. The fourth-order valence-electron chi connectivity index (χ4n) is 3.49. The highest BCUT2D eigenvalue weighted by Crippen LogP contribution is 2.30. The standard InChI is InChI=1S/C17H23N3O2.ClH/c1-11-6-7-13(18)9-15(11)19-17(22)12-8-16(21)20(10-12)14-4-2-3-5-14;/h6-7,9,12,14H,2-5,8,10,18H2,1H3,(H,19,22);1H. The maximum atomic E-state index is 12.5. The van der Waals surface area contributed by atoms with Gasteiger partial charge in [0.05, 0.1) is 5.92 Å². The highest BCUT2D eigenvalue weighted by molar-refractivity contribution is 5.98. The number of nitrogens with one attached hydrogen (secondary N) is 1. The first-order valence-corrected chi connectivity index (χ1v) is 8.01. The topological polar surface area (TPSA) is 75.4 Å². The Kier molecular flexibility index (Phi) is 5.52. The van der Waals surface area contributed by atoms with Crippen LogP contribution in [0.2, 0.25) is 0 Å². The second-order valence-corrected chi connectivity index (χ2v) is 6.45. The Morgan fingerprint density at radius 1 is 1.30 bits per heavy atom. The number of nitrogen functional groups attached to an aromatic ring is 1. The fraction of sp³-hybridized carbons (Fsp3) is 0.529. The van der Waals surface area contributed by atoms with Gasteiger partial charge in [-0.1, -0.05) is 18.9 Å². The maximum absolute atomic E-state index is 12.5. The lowest BCUT2D eigenvalue weighted by molar-refractivity contribution is -0.129. The van der Waals surface area contributed by atoms with Gasteiger partial charge in [-0.25, -0.2) is 0 Å². The minimum atomic E-state index is -0.256. The summed E-state index contributed by atoms with van der Waals surface area (Å²) in [4.78, 5) is 26.5. The molecular formula is C17H24ClN3O2. The molecule has 1 saturated carbocycles. The van der Waals surface area contributed by atoms with E-state index in [2.05, 4.69) is 5.32 Å². The van der Waals surface area contributed by atoms with Gasteiger partial charge in [-0.15, -0.1) is 12.4 Å². The molecule has 23 heavy (non-hydrogen) atoms. The quantitative estimate of drug-likeness (QED) is 0.833. The Morgan fingerprint density at radius 3 is 2.70 bits per heavy atom. The lowest BCUT2D eigenvalue weighted by Gasteiger charge is -2.24. The van der Waals surface area contributed by atoms with Crippen molar-refractivity contribution in [3.8, 4) is 0 Å². The number of rotatable bonds is 3. The van der Waals surface area contributed by atoms with Crippen LogP contribution in [0.1, 0.15) is 37.7 Å². The van der Waals surface area contributed by atoms with Gasteiger partial charge in [-0.2, -0.15) is 0 Å². The third-order valence-corrected chi connectivity index (χ3v) is 4.81. The Balaban J connectivity index is 0.00000192. The molecule has 1 atom stereocenters. The van der Waals surface area contributed by atoms with E-state index < -0.39 is 0 Å². The molecule has 3 rings (SSSR count). The molecule has 2 amide bonds. The third kappa shape index (κ3) is 3.78. The van der Waals surface area contributed by atoms with Crippen molar-refractivity contribution in [3.05, 3.63) is 23.8 Å². The molecule has 0 radical (unpaired) electrons. The van der Waals surface area contributed by atoms with Crippen molar-refractivity contribution in [1.29, 1.82) is 0 Å². The molecule has 1 unspecified atom stereocenters. The molecule has 1 aromatic carbocycles. The van der Waals surface area contributed by atoms with Crippen molar-refractivity contribution < 1.29 is 9.59 Å². The number of nitrogens with zero attached hydrogens (tertiary/aromatic N) is 1. The smallest absolute Gasteiger partial charge is 0.229 e. The zero-order valence-electron chi connectivity index (χ0n) is 13.4. The van der Waals surface area contributed by atoms with Crippen LogP contribution in [0.3, 0.4) is 0 Å². The maximum Gasteiger partial charge on any atom is 0.229 e. The highest BCUT2D eigenvalue weighted by Gasteiger charge is 2.38. The van der Waals surface area contributed by atoms with E-state index in [-0.39, 0.29) is 30.1 Å². The second-order valence-electron chi connectivity index (χ2n) is 6.45. The lowest BCUT2D eigenvalue weighted by Crippen LogP contribution is -2.35. The number of carbonyl (C=O) groups excluding carboxylic acids is 2. The molecule has 3 N–H and O–H groups in total. The molecule has 0 aromatic heterocycles. The summed E-state index contributed by atoms with van der Waals surface area (Å²) < 4.78 is 0. The molecule has 2 aliphatic rings. The van der Waals surface area contributed by atoms with Crippen molar-refractivity contribution in [2.75, 3.05) is 17.6 Å². The number of amides is 2. The van der Waals surface area contributed by atoms with Gasteiger partial charge < -0.3 is 16.0 Å². The number of halogens is 1. The fourth-order valence-corrected chi connectivity index (χ4v) is 3.49. The van der Waals surface area contributed by atoms with Crippen LogP contribution in [-0.4, -0.2) is 29.3 Å². The van der Waals surface area contributed by atoms with Crippen LogP contribution >= 0.6 is 12.4 Å². The van der Waals surface area contributed by atoms with E-state index >= 15 is 0 Å². The normalized spacial score (nSPS) is 21.3. The molecule has 1 aliphatic heterocycles. The van der Waals surface area contributed by atoms with Gasteiger partial charge in [0.1, 0.15) is 0 Å². The molecule has 6 heteroatoms. The number of anilines is 2. The van der Waals surface area contributed by atoms with Crippen LogP contribution in [-0.2, 0) is 9.59 Å². The van der Waals surface area contributed by atoms with Crippen LogP contribution < -0.4 is 11.1 Å². The zero-order chi connectivity index (χ0) is 15.7. The Morgan fingerprint density at radius 2 is 2.00 bits per heavy atom. The molecule has 2 fully saturated rings. The van der Waals surface area contributed by atoms with Gasteiger partial charge in [-0.3, -0.25) is 9.59 Å². The molecule has 1 saturated heterocycles. The Bertz CT molecular complexity index is 600. The summed E-state index contributed by atoms with van der Waals surface area (Å²) >= 11 is 0. The van der Waals surface area contributed by atoms with E-state index in [1.807, 2.05) is 24.0 Å². The molecular weight excluding hydrogens is 314 g/mol. The first-order valence-electron chi connectivity index (χ1n) is 8.01. The van der Waals surface area contributed by atoms with E-state index in [1.165, 1.54) is 12.8 Å². The molecule has 0 bridgehead atoms. The summed E-state index contributed by atoms with van der Waals surface area (Å²) in [6.45, 7) is 2.48. The van der Waals surface area contributed by atoms with E-state index in [4.69, 9.17) is 5.73 Å². The summed E-state index contributed by atoms with van der Waals surface area (Å²) in [5.41, 5.74) is 8.10. The minimum absolute atomic E-state index is 0. The average molecular weight is 338 g/mol. The Hall–Kier alpha value is -1.75. The largest absolute Gasteiger partial charge is 0.399 e. The number of nitrogens with two attached hydrogens (primary N) is 1. The highest BCUT2D eigenvalue weighted by atomic mass is 35.5. The van der Waals surface area contributed by atoms with Crippen LogP contribution in [0, 0.1) is 12.8 Å². The van der Waals surface area contributed by atoms with Gasteiger partial charge >= 0.3 is 0 Å². The van der Waals surface area contributed by atoms with Crippen LogP contribution in [0.4, 0.5) is 11.4 Å². The van der Waals surface area contributed by atoms with Crippen molar-refractivity contribution in [2.45, 2.75) is 45.1 Å². The number of aryl methyl sites for hydroxylation is 1. The van der Waals surface area contributed by atoms with Crippen LogP contribution in [0.5, 0.6) is 0 Å². The number of carbonyl (C=O) groups is 2. The monoisotopic (exact) mass is 337 g/mol. The summed E-state index contributed by atoms with van der Waals surface area (Å²) in [5, 5.41) is 2.93. The lowest BCUT2D eigenvalue weighted by atomic mass is 10.1. The van der Waals surface area contributed by atoms with Crippen molar-refractivity contribution in [2.24, 2.45) is 5.92 Å². The summed E-state index contributed by atoms with van der Waals surface area (Å²) in [7, 11) is 0. The van der Waals surface area contributed by atoms with Gasteiger partial charge in [0.25, 0.3) is 0 Å². The average Bonchev–Trinajstić information content (AvgIpc) is 3.11. The Labute approximate surface area is 143 Å². The molecule has 1 aliphatic carbocycles. The van der Waals surface area contributed by atoms with E-state index in [1.54, 1.807) is 6.07 Å². The first-order chi connectivity index (χ1) is 10.5. The van der Waals surface area contributed by atoms with Gasteiger partial charge in [0, 0.05) is 30.4 Å². The predicted octanol–water partition coefficient (Wildman–Crippen LogP) is 2.73. The number of benzene rings is 1. The number of hydrogen-bond donors (Lipinski definition) is 2. The van der Waals surface area contributed by atoms with Crippen molar-refractivity contribution >= 4 is 35.6 Å². The van der Waals surface area contributed by atoms with Crippen molar-refractivity contribution in [1.82, 2.24) is 4.90 Å². The van der Waals surface area contributed by atoms with Crippen molar-refractivity contribution in [3.63, 3.8) is 0 Å². The molecule has 1 heterocycles. The first kappa shape index (κ1) is 17.6. The minimum Gasteiger partial charge on any atom is -0.399 e. The third-order valence-electron chi connectivity index (χ3n) is 4.81. The van der Waals surface area contributed by atoms with Crippen LogP contribution in [0.25, 0.3) is 0 Å². The summed E-state index contributed by atoms with van der Waals surface area (Å²) in [6.07, 6.45) is 4.86. The van der Waals surface area contributed by atoms with Crippen LogP contribution in [0.15, 0.2) is 18.2 Å². The van der Waals surface area contributed by atoms with Gasteiger partial charge in [0.15, 0.2) is 0 Å². The SMILES string of the molecule is Cc1ccc(N)cc1NC(=O)C1CC(=O)N(C2CCCC2)C1.Cl. The molecule has 126 valence electrons. The summed E-state index contributed by atoms with van der Waals surface area (Å²) in [5.74, 6) is -0.215. The summed E-state index contributed by atoms with van der Waals surface area (Å²) in [6, 6.07) is 5.81. The molecule has 1 aromatic rings. The second kappa shape index (κ2) is 7.21.